The predicted octanol–water partition coefficient (Wildman–Crippen LogP) is 1.58. The molecule has 0 N–H and O–H groups in total. The van der Waals surface area contributed by atoms with Gasteiger partial charge in [0.25, 0.3) is 12.3 Å². The van der Waals surface area contributed by atoms with E-state index in [1.165, 1.54) is 0 Å². The molecule has 4 heteroatoms. The summed E-state index contributed by atoms with van der Waals surface area (Å²) in [5, 5.41) is 0. The molecule has 0 aromatic heterocycles. The Bertz CT molecular complexity index is 68.2. The molecular formula is C4H7F3O. The first-order valence-corrected chi connectivity index (χ1v) is 2.03. The highest BCUT2D eigenvalue weighted by Crippen LogP contribution is 2.19. The summed E-state index contributed by atoms with van der Waals surface area (Å²) >= 11 is 0. The van der Waals surface area contributed by atoms with Crippen LogP contribution in [0.1, 0.15) is 6.92 Å². The van der Waals surface area contributed by atoms with Crippen LogP contribution in [-0.4, -0.2) is 19.4 Å². The normalized spacial score (nSPS) is 16.1. The molecule has 0 fully saturated rings. The Morgan fingerprint density at radius 3 is 1.88 bits per heavy atom. The third-order valence-corrected chi connectivity index (χ3v) is 0.605. The van der Waals surface area contributed by atoms with Gasteiger partial charge < -0.3 is 4.74 Å². The number of hydrogen-bond acceptors (Lipinski definition) is 1. The second-order valence-electron chi connectivity index (χ2n) is 1.51. The Kier molecular flexibility index (Phi) is 2.27. The van der Waals surface area contributed by atoms with E-state index in [0.717, 1.165) is 7.11 Å². The zero-order valence-electron chi connectivity index (χ0n) is 4.62. The lowest BCUT2D eigenvalue weighted by Crippen LogP contribution is -2.27. The van der Waals surface area contributed by atoms with Crippen LogP contribution in [0.4, 0.5) is 13.2 Å². The van der Waals surface area contributed by atoms with Gasteiger partial charge in [-0.3, -0.25) is 0 Å². The summed E-state index contributed by atoms with van der Waals surface area (Å²) in [6.07, 6.45) is -2.48. The van der Waals surface area contributed by atoms with Crippen molar-refractivity contribution < 1.29 is 17.9 Å². The molecule has 1 nitrogen and oxygen atoms in total. The van der Waals surface area contributed by atoms with Gasteiger partial charge in [0.1, 0.15) is 0 Å². The Hall–Kier alpha value is -0.250. The van der Waals surface area contributed by atoms with Crippen LogP contribution in [0.25, 0.3) is 0 Å². The summed E-state index contributed by atoms with van der Waals surface area (Å²) in [5.74, 6) is -3.38. The molecule has 0 aromatic rings. The van der Waals surface area contributed by atoms with Crippen LogP contribution < -0.4 is 0 Å². The Balaban J connectivity index is 3.62. The highest BCUT2D eigenvalue weighted by molar-refractivity contribution is 4.59. The molecule has 0 spiro atoms. The molecule has 1 atom stereocenters. The van der Waals surface area contributed by atoms with Gasteiger partial charge in [-0.25, -0.2) is 13.2 Å². The Morgan fingerprint density at radius 2 is 1.88 bits per heavy atom. The molecule has 0 radical (unpaired) electrons. The minimum Gasteiger partial charge on any atom is -0.347 e. The number of ether oxygens (including phenoxy) is 1. The highest BCUT2D eigenvalue weighted by atomic mass is 19.3. The monoisotopic (exact) mass is 128 g/mol. The van der Waals surface area contributed by atoms with Gasteiger partial charge in [0.05, 0.1) is 0 Å². The molecule has 0 aliphatic heterocycles. The Morgan fingerprint density at radius 1 is 1.50 bits per heavy atom. The number of halogens is 3. The fourth-order valence-electron chi connectivity index (χ4n) is 0.207. The first-order chi connectivity index (χ1) is 3.48. The van der Waals surface area contributed by atoms with Crippen molar-refractivity contribution in [3.8, 4) is 0 Å². The van der Waals surface area contributed by atoms with Crippen molar-refractivity contribution in [3.05, 3.63) is 0 Å². The molecule has 0 aliphatic carbocycles. The van der Waals surface area contributed by atoms with Crippen LogP contribution in [0.3, 0.4) is 0 Å². The summed E-state index contributed by atoms with van der Waals surface area (Å²) in [7, 11) is 0.891. The van der Waals surface area contributed by atoms with Crippen molar-refractivity contribution in [2.24, 2.45) is 0 Å². The van der Waals surface area contributed by atoms with E-state index in [2.05, 4.69) is 4.74 Å². The van der Waals surface area contributed by atoms with Crippen LogP contribution in [0.2, 0.25) is 0 Å². The third-order valence-electron chi connectivity index (χ3n) is 0.605. The van der Waals surface area contributed by atoms with Crippen molar-refractivity contribution >= 4 is 0 Å². The first kappa shape index (κ1) is 7.75. The molecule has 0 amide bonds. The lowest BCUT2D eigenvalue weighted by molar-refractivity contribution is -0.172. The topological polar surface area (TPSA) is 9.23 Å². The second kappa shape index (κ2) is 2.35. The molecule has 0 aliphatic rings. The molecular weight excluding hydrogens is 121 g/mol. The maximum Gasteiger partial charge on any atom is 0.300 e. The van der Waals surface area contributed by atoms with Gasteiger partial charge in [0, 0.05) is 14.0 Å². The smallest absolute Gasteiger partial charge is 0.300 e. The van der Waals surface area contributed by atoms with E-state index in [4.69, 9.17) is 0 Å². The molecule has 0 heterocycles. The molecule has 1 unspecified atom stereocenters. The van der Waals surface area contributed by atoms with Crippen molar-refractivity contribution in [3.63, 3.8) is 0 Å². The quantitative estimate of drug-likeness (QED) is 0.548. The average molecular weight is 128 g/mol. The van der Waals surface area contributed by atoms with Gasteiger partial charge in [-0.05, 0) is 0 Å². The average Bonchev–Trinajstić information content (AvgIpc) is 1.62. The summed E-state index contributed by atoms with van der Waals surface area (Å²) in [4.78, 5) is 0. The van der Waals surface area contributed by atoms with Crippen LogP contribution in [0, 0.1) is 0 Å². The van der Waals surface area contributed by atoms with Crippen molar-refractivity contribution in [2.45, 2.75) is 19.2 Å². The van der Waals surface area contributed by atoms with Gasteiger partial charge in [-0.15, -0.1) is 0 Å². The number of alkyl halides is 3. The van der Waals surface area contributed by atoms with Crippen LogP contribution in [0.15, 0.2) is 0 Å². The van der Waals surface area contributed by atoms with Crippen LogP contribution >= 0.6 is 0 Å². The van der Waals surface area contributed by atoms with E-state index in [9.17, 15) is 13.2 Å². The van der Waals surface area contributed by atoms with Gasteiger partial charge in [0.2, 0.25) is 0 Å². The van der Waals surface area contributed by atoms with E-state index >= 15 is 0 Å². The van der Waals surface area contributed by atoms with Gasteiger partial charge in [-0.2, -0.15) is 0 Å². The largest absolute Gasteiger partial charge is 0.347 e. The molecule has 50 valence electrons. The Labute approximate surface area is 45.4 Å². The zero-order valence-corrected chi connectivity index (χ0v) is 4.62. The summed E-state index contributed by atoms with van der Waals surface area (Å²) in [6.45, 7) is 0.459. The number of hydrogen-bond donors (Lipinski definition) is 0. The third kappa shape index (κ3) is 2.16. The first-order valence-electron chi connectivity index (χ1n) is 2.03. The van der Waals surface area contributed by atoms with E-state index in [1.807, 2.05) is 0 Å². The lowest BCUT2D eigenvalue weighted by Gasteiger charge is -2.12. The van der Waals surface area contributed by atoms with Crippen LogP contribution in [0.5, 0.6) is 0 Å². The van der Waals surface area contributed by atoms with Crippen molar-refractivity contribution in [1.29, 1.82) is 0 Å². The van der Waals surface area contributed by atoms with Crippen molar-refractivity contribution in [1.82, 2.24) is 0 Å². The SMILES string of the molecule is COC(F)C(C)(F)F. The maximum absolute atomic E-state index is 11.7. The standard InChI is InChI=1S/C4H7F3O/c1-4(6,7)3(5)8-2/h3H,1-2H3. The molecule has 0 aromatic carbocycles. The van der Waals surface area contributed by atoms with Gasteiger partial charge >= 0.3 is 0 Å². The minimum absolute atomic E-state index is 0.459. The fourth-order valence-corrected chi connectivity index (χ4v) is 0.207. The molecule has 8 heavy (non-hydrogen) atoms. The maximum atomic E-state index is 11.7. The predicted molar refractivity (Wildman–Crippen MR) is 22.5 cm³/mol. The minimum atomic E-state index is -3.38. The van der Waals surface area contributed by atoms with E-state index in [1.54, 1.807) is 0 Å². The van der Waals surface area contributed by atoms with Gasteiger partial charge in [-0.1, -0.05) is 0 Å². The van der Waals surface area contributed by atoms with E-state index < -0.39 is 12.3 Å². The summed E-state index contributed by atoms with van der Waals surface area (Å²) in [6, 6.07) is 0. The molecule has 0 rings (SSSR count). The van der Waals surface area contributed by atoms with Crippen LogP contribution in [-0.2, 0) is 4.74 Å². The zero-order chi connectivity index (χ0) is 6.78. The highest BCUT2D eigenvalue weighted by Gasteiger charge is 2.33. The number of rotatable bonds is 2. The molecule has 0 saturated carbocycles. The second-order valence-corrected chi connectivity index (χ2v) is 1.51. The van der Waals surface area contributed by atoms with E-state index in [-0.39, 0.29) is 0 Å². The number of methoxy groups -OCH3 is 1. The van der Waals surface area contributed by atoms with Crippen molar-refractivity contribution in [2.75, 3.05) is 7.11 Å². The van der Waals surface area contributed by atoms with Gasteiger partial charge in [0.15, 0.2) is 0 Å². The summed E-state index contributed by atoms with van der Waals surface area (Å²) in [5.41, 5.74) is 0. The lowest BCUT2D eigenvalue weighted by atomic mass is 10.4. The molecule has 0 saturated heterocycles. The summed E-state index contributed by atoms with van der Waals surface area (Å²) < 4.78 is 38.6. The van der Waals surface area contributed by atoms with E-state index in [0.29, 0.717) is 6.92 Å². The molecule has 0 bridgehead atoms. The fraction of sp³-hybridized carbons (Fsp3) is 1.00.